The van der Waals surface area contributed by atoms with Gasteiger partial charge in [0.15, 0.2) is 0 Å². The van der Waals surface area contributed by atoms with Gasteiger partial charge in [-0.25, -0.2) is 13.2 Å². The lowest BCUT2D eigenvalue weighted by Gasteiger charge is -2.25. The zero-order valence-electron chi connectivity index (χ0n) is 17.3. The second kappa shape index (κ2) is 10.6. The van der Waals surface area contributed by atoms with Crippen LogP contribution >= 0.6 is 11.3 Å². The summed E-state index contributed by atoms with van der Waals surface area (Å²) in [5.74, 6) is 0.148. The normalized spacial score (nSPS) is 18.8. The van der Waals surface area contributed by atoms with Crippen LogP contribution in [0.3, 0.4) is 0 Å². The molecular formula is C19H30N4O5S2. The number of hydrogen-bond donors (Lipinski definition) is 1. The first-order valence-electron chi connectivity index (χ1n) is 10.4. The highest BCUT2D eigenvalue weighted by Crippen LogP contribution is 2.29. The molecule has 0 aromatic carbocycles. The van der Waals surface area contributed by atoms with E-state index in [1.807, 2.05) is 4.90 Å². The molecule has 3 heterocycles. The number of unbranched alkanes of at least 4 members (excludes halogenated alkanes) is 1. The van der Waals surface area contributed by atoms with Crippen LogP contribution in [0.15, 0.2) is 16.3 Å². The van der Waals surface area contributed by atoms with Gasteiger partial charge in [0.1, 0.15) is 4.21 Å². The summed E-state index contributed by atoms with van der Waals surface area (Å²) in [6.45, 7) is 5.73. The van der Waals surface area contributed by atoms with Crippen LogP contribution in [0.2, 0.25) is 0 Å². The van der Waals surface area contributed by atoms with Crippen molar-refractivity contribution in [1.29, 1.82) is 0 Å². The van der Waals surface area contributed by atoms with Gasteiger partial charge < -0.3 is 14.5 Å². The number of nitrogens with zero attached hydrogens (tertiary/aromatic N) is 3. The van der Waals surface area contributed by atoms with Crippen LogP contribution in [0, 0.1) is 0 Å². The number of sulfonamides is 1. The maximum atomic E-state index is 12.7. The number of anilines is 1. The number of thiophene rings is 1. The molecule has 11 heteroatoms. The maximum Gasteiger partial charge on any atom is 0.322 e. The Morgan fingerprint density at radius 1 is 1.07 bits per heavy atom. The number of urea groups is 1. The van der Waals surface area contributed by atoms with Crippen LogP contribution in [0.1, 0.15) is 32.6 Å². The van der Waals surface area contributed by atoms with Crippen molar-refractivity contribution in [2.75, 3.05) is 57.8 Å². The third-order valence-electron chi connectivity index (χ3n) is 5.26. The van der Waals surface area contributed by atoms with Crippen molar-refractivity contribution in [3.05, 3.63) is 12.1 Å². The summed E-state index contributed by atoms with van der Waals surface area (Å²) < 4.78 is 32.3. The molecule has 0 unspecified atom stereocenters. The molecule has 0 aliphatic carbocycles. The second-order valence-corrected chi connectivity index (χ2v) is 10.6. The number of nitrogens with one attached hydrogen (secondary N) is 1. The van der Waals surface area contributed by atoms with E-state index in [-0.39, 0.29) is 16.1 Å². The third kappa shape index (κ3) is 5.71. The van der Waals surface area contributed by atoms with E-state index in [0.29, 0.717) is 63.9 Å². The Morgan fingerprint density at radius 3 is 2.50 bits per heavy atom. The monoisotopic (exact) mass is 458 g/mol. The van der Waals surface area contributed by atoms with E-state index in [1.165, 1.54) is 10.4 Å². The summed E-state index contributed by atoms with van der Waals surface area (Å²) in [4.78, 5) is 28.4. The molecule has 168 valence electrons. The number of carbonyl (C=O) groups is 2. The lowest BCUT2D eigenvalue weighted by atomic mass is 10.2. The van der Waals surface area contributed by atoms with Gasteiger partial charge in [0.25, 0.3) is 10.0 Å². The van der Waals surface area contributed by atoms with Crippen LogP contribution in [-0.4, -0.2) is 86.9 Å². The van der Waals surface area contributed by atoms with Gasteiger partial charge in [-0.1, -0.05) is 13.3 Å². The zero-order chi connectivity index (χ0) is 21.6. The highest BCUT2D eigenvalue weighted by molar-refractivity contribution is 7.91. The smallest absolute Gasteiger partial charge is 0.322 e. The number of hydrogen-bond acceptors (Lipinski definition) is 6. The van der Waals surface area contributed by atoms with Crippen molar-refractivity contribution in [2.45, 2.75) is 36.8 Å². The lowest BCUT2D eigenvalue weighted by Crippen LogP contribution is -2.40. The minimum atomic E-state index is -3.57. The van der Waals surface area contributed by atoms with Crippen molar-refractivity contribution in [3.63, 3.8) is 0 Å². The number of carbonyl (C=O) groups excluding carboxylic acids is 2. The highest BCUT2D eigenvalue weighted by atomic mass is 32.2. The fourth-order valence-electron chi connectivity index (χ4n) is 3.48. The summed E-state index contributed by atoms with van der Waals surface area (Å²) >= 11 is 1.05. The van der Waals surface area contributed by atoms with E-state index in [0.717, 1.165) is 30.6 Å². The summed E-state index contributed by atoms with van der Waals surface area (Å²) in [5, 5.41) is 3.30. The molecule has 1 aromatic rings. The van der Waals surface area contributed by atoms with Gasteiger partial charge in [-0.3, -0.25) is 10.1 Å². The number of rotatable bonds is 6. The number of ether oxygens (including phenoxy) is 1. The van der Waals surface area contributed by atoms with Gasteiger partial charge in [0.2, 0.25) is 5.91 Å². The Hall–Kier alpha value is -1.69. The molecular weight excluding hydrogens is 428 g/mol. The highest BCUT2D eigenvalue weighted by Gasteiger charge is 2.28. The fourth-order valence-corrected chi connectivity index (χ4v) is 6.24. The van der Waals surface area contributed by atoms with E-state index in [9.17, 15) is 18.0 Å². The van der Waals surface area contributed by atoms with Gasteiger partial charge in [0.05, 0.1) is 18.2 Å². The van der Waals surface area contributed by atoms with Crippen LogP contribution < -0.4 is 5.32 Å². The van der Waals surface area contributed by atoms with E-state index >= 15 is 0 Å². The van der Waals surface area contributed by atoms with Crippen molar-refractivity contribution in [3.8, 4) is 0 Å². The molecule has 2 aliphatic rings. The van der Waals surface area contributed by atoms with E-state index in [2.05, 4.69) is 12.2 Å². The van der Waals surface area contributed by atoms with Gasteiger partial charge in [0, 0.05) is 45.7 Å². The van der Waals surface area contributed by atoms with Crippen LogP contribution in [0.25, 0.3) is 0 Å². The molecule has 3 rings (SSSR count). The molecule has 0 saturated carbocycles. The summed E-state index contributed by atoms with van der Waals surface area (Å²) in [6.07, 6.45) is 3.15. The predicted octanol–water partition coefficient (Wildman–Crippen LogP) is 2.03. The topological polar surface area (TPSA) is 99.3 Å². The molecule has 2 aliphatic heterocycles. The third-order valence-corrected chi connectivity index (χ3v) is 8.62. The molecule has 3 amide bonds. The van der Waals surface area contributed by atoms with Gasteiger partial charge in [-0.05, 0) is 25.0 Å². The van der Waals surface area contributed by atoms with Gasteiger partial charge in [-0.15, -0.1) is 11.3 Å². The fraction of sp³-hybridized carbons (Fsp3) is 0.684. The Bertz CT molecular complexity index is 836. The van der Waals surface area contributed by atoms with Crippen LogP contribution in [0.4, 0.5) is 9.80 Å². The molecule has 0 spiro atoms. The molecule has 1 aromatic heterocycles. The Balaban J connectivity index is 1.55. The molecule has 2 saturated heterocycles. The summed E-state index contributed by atoms with van der Waals surface area (Å²) in [6, 6.07) is 2.88. The van der Waals surface area contributed by atoms with E-state index in [4.69, 9.17) is 4.74 Å². The average molecular weight is 459 g/mol. The molecule has 2 fully saturated rings. The first-order valence-corrected chi connectivity index (χ1v) is 12.7. The standard InChI is InChI=1S/C19H30N4O5S2/c1-2-3-5-17(24)21-8-4-9-22(11-10-21)19(25)20-16-6-7-18(29-16)30(26,27)23-12-14-28-15-13-23/h6-7H,2-5,8-15H2,1H3,(H,20,25). The summed E-state index contributed by atoms with van der Waals surface area (Å²) in [5.41, 5.74) is 0. The van der Waals surface area contributed by atoms with Crippen molar-refractivity contribution in [1.82, 2.24) is 14.1 Å². The molecule has 0 radical (unpaired) electrons. The Labute approximate surface area is 182 Å². The van der Waals surface area contributed by atoms with Crippen LogP contribution in [-0.2, 0) is 19.6 Å². The largest absolute Gasteiger partial charge is 0.379 e. The maximum absolute atomic E-state index is 12.7. The van der Waals surface area contributed by atoms with E-state index < -0.39 is 10.0 Å². The molecule has 0 atom stereocenters. The summed E-state index contributed by atoms with van der Waals surface area (Å²) in [7, 11) is -3.57. The second-order valence-electron chi connectivity index (χ2n) is 7.39. The molecule has 0 bridgehead atoms. The van der Waals surface area contributed by atoms with Crippen molar-refractivity contribution < 1.29 is 22.7 Å². The van der Waals surface area contributed by atoms with Crippen molar-refractivity contribution >= 4 is 38.3 Å². The van der Waals surface area contributed by atoms with Crippen molar-refractivity contribution in [2.24, 2.45) is 0 Å². The Morgan fingerprint density at radius 2 is 1.77 bits per heavy atom. The Kier molecular flexibility index (Phi) is 8.09. The lowest BCUT2D eigenvalue weighted by molar-refractivity contribution is -0.131. The minimum absolute atomic E-state index is 0.148. The van der Waals surface area contributed by atoms with Gasteiger partial charge in [-0.2, -0.15) is 4.31 Å². The average Bonchev–Trinajstić information content (AvgIpc) is 3.08. The molecule has 1 N–H and O–H groups in total. The SMILES string of the molecule is CCCCC(=O)N1CCCN(C(=O)Nc2ccc(S(=O)(=O)N3CCOCC3)s2)CC1. The first-order chi connectivity index (χ1) is 14.4. The zero-order valence-corrected chi connectivity index (χ0v) is 19.0. The molecule has 30 heavy (non-hydrogen) atoms. The first kappa shape index (κ1) is 23.0. The quantitative estimate of drug-likeness (QED) is 0.703. The predicted molar refractivity (Wildman–Crippen MR) is 115 cm³/mol. The minimum Gasteiger partial charge on any atom is -0.379 e. The van der Waals surface area contributed by atoms with E-state index in [1.54, 1.807) is 11.0 Å². The molecule has 9 nitrogen and oxygen atoms in total. The van der Waals surface area contributed by atoms with Gasteiger partial charge >= 0.3 is 6.03 Å². The number of amides is 3. The van der Waals surface area contributed by atoms with Crippen LogP contribution in [0.5, 0.6) is 0 Å². The number of morpholine rings is 1.